The van der Waals surface area contributed by atoms with Crippen LogP contribution in [0.1, 0.15) is 294 Å². The molecule has 3 N–H and O–H groups in total. The van der Waals surface area contributed by atoms with E-state index in [2.05, 4.69) is 85.2 Å². The zero-order chi connectivity index (χ0) is 48.5. The van der Waals surface area contributed by atoms with Crippen LogP contribution in [0.2, 0.25) is 0 Å². The molecular formula is C57H113N3O5. The molecule has 0 rings (SSSR count). The van der Waals surface area contributed by atoms with E-state index in [0.717, 1.165) is 58.0 Å². The minimum absolute atomic E-state index is 0.00307. The molecule has 8 nitrogen and oxygen atoms in total. The Bertz CT molecular complexity index is 1120. The molecule has 1 unspecified atom stereocenters. The highest BCUT2D eigenvalue weighted by Crippen LogP contribution is 2.40. The normalized spacial score (nSPS) is 12.7. The van der Waals surface area contributed by atoms with E-state index in [-0.39, 0.29) is 41.4 Å². The fourth-order valence-corrected chi connectivity index (χ4v) is 9.82. The van der Waals surface area contributed by atoms with E-state index in [1.807, 2.05) is 0 Å². The lowest BCUT2D eigenvalue weighted by Gasteiger charge is -2.40. The minimum Gasteiger partial charge on any atom is -0.447 e. The average Bonchev–Trinajstić information content (AvgIpc) is 3.22. The summed E-state index contributed by atoms with van der Waals surface area (Å²) in [5.74, 6) is 0.555. The van der Waals surface area contributed by atoms with Crippen molar-refractivity contribution in [2.75, 3.05) is 26.3 Å². The molecule has 0 spiro atoms. The zero-order valence-corrected chi connectivity index (χ0v) is 45.3. The number of carbonyl (C=O) groups is 3. The molecule has 3 amide bonds. The van der Waals surface area contributed by atoms with Gasteiger partial charge in [-0.1, -0.05) is 235 Å². The van der Waals surface area contributed by atoms with Crippen LogP contribution in [0.4, 0.5) is 4.79 Å². The Morgan fingerprint density at radius 3 is 1.26 bits per heavy atom. The molecule has 0 fully saturated rings. The number of nitrogens with one attached hydrogen (secondary N) is 3. The molecule has 0 aromatic carbocycles. The maximum Gasteiger partial charge on any atom is 0.407 e. The van der Waals surface area contributed by atoms with Crippen LogP contribution in [-0.4, -0.2) is 55.9 Å². The maximum atomic E-state index is 13.1. The van der Waals surface area contributed by atoms with Crippen LogP contribution in [0, 0.1) is 16.7 Å². The van der Waals surface area contributed by atoms with Gasteiger partial charge in [0.2, 0.25) is 11.8 Å². The second kappa shape index (κ2) is 41.2. The monoisotopic (exact) mass is 920 g/mol. The molecule has 0 aliphatic carbocycles. The Balaban J connectivity index is 4.75. The number of hydrogen-bond acceptors (Lipinski definition) is 5. The van der Waals surface area contributed by atoms with Gasteiger partial charge in [-0.3, -0.25) is 9.59 Å². The van der Waals surface area contributed by atoms with E-state index in [4.69, 9.17) is 9.47 Å². The second-order valence-corrected chi connectivity index (χ2v) is 22.9. The van der Waals surface area contributed by atoms with Gasteiger partial charge in [0.05, 0.1) is 11.6 Å². The average molecular weight is 921 g/mol. The van der Waals surface area contributed by atoms with Gasteiger partial charge in [-0.25, -0.2) is 4.79 Å². The number of hydrogen-bond donors (Lipinski definition) is 3. The van der Waals surface area contributed by atoms with Gasteiger partial charge in [-0.2, -0.15) is 0 Å². The van der Waals surface area contributed by atoms with Crippen molar-refractivity contribution in [3.63, 3.8) is 0 Å². The second-order valence-electron chi connectivity index (χ2n) is 22.9. The van der Waals surface area contributed by atoms with E-state index in [1.165, 1.54) is 161 Å². The van der Waals surface area contributed by atoms with Crippen LogP contribution in [-0.2, 0) is 19.1 Å². The first-order valence-electron chi connectivity index (χ1n) is 28.1. The third kappa shape index (κ3) is 44.4. The Morgan fingerprint density at radius 2 is 0.862 bits per heavy atom. The molecule has 386 valence electrons. The Labute approximate surface area is 405 Å². The molecular weight excluding hydrogens is 807 g/mol. The van der Waals surface area contributed by atoms with Crippen LogP contribution in [0.25, 0.3) is 0 Å². The molecule has 0 aromatic rings. The molecule has 0 aromatic heterocycles. The van der Waals surface area contributed by atoms with Gasteiger partial charge < -0.3 is 25.4 Å². The fraction of sp³-hybridized carbons (Fsp3) is 0.947. The summed E-state index contributed by atoms with van der Waals surface area (Å²) in [6.45, 7) is 23.7. The van der Waals surface area contributed by atoms with Crippen molar-refractivity contribution < 1.29 is 23.9 Å². The number of carbonyl (C=O) groups excluding carboxylic acids is 3. The van der Waals surface area contributed by atoms with Crippen molar-refractivity contribution in [1.29, 1.82) is 0 Å². The predicted octanol–water partition coefficient (Wildman–Crippen LogP) is 16.5. The summed E-state index contributed by atoms with van der Waals surface area (Å²) in [4.78, 5) is 39.0. The number of ether oxygens (including phenoxy) is 2. The van der Waals surface area contributed by atoms with E-state index < -0.39 is 12.1 Å². The van der Waals surface area contributed by atoms with Crippen molar-refractivity contribution in [2.24, 2.45) is 16.7 Å². The summed E-state index contributed by atoms with van der Waals surface area (Å²) >= 11 is 0. The molecule has 0 radical (unpaired) electrons. The van der Waals surface area contributed by atoms with E-state index in [9.17, 15) is 14.4 Å². The zero-order valence-electron chi connectivity index (χ0n) is 45.3. The molecule has 8 heteroatoms. The van der Waals surface area contributed by atoms with Gasteiger partial charge >= 0.3 is 6.09 Å². The molecule has 0 aliphatic heterocycles. The van der Waals surface area contributed by atoms with Crippen molar-refractivity contribution in [3.8, 4) is 0 Å². The number of unbranched alkanes of at least 4 members (excludes halogenated alkanes) is 28. The first kappa shape index (κ1) is 63.2. The molecule has 1 atom stereocenters. The lowest BCUT2D eigenvalue weighted by molar-refractivity contribution is -0.124. The highest BCUT2D eigenvalue weighted by atomic mass is 16.5. The summed E-state index contributed by atoms with van der Waals surface area (Å²) in [5, 5.41) is 9.09. The summed E-state index contributed by atoms with van der Waals surface area (Å²) in [7, 11) is 0. The Hall–Kier alpha value is -1.83. The number of amides is 3. The first-order chi connectivity index (χ1) is 31.0. The van der Waals surface area contributed by atoms with E-state index in [0.29, 0.717) is 25.3 Å². The van der Waals surface area contributed by atoms with E-state index in [1.54, 1.807) is 0 Å². The van der Waals surface area contributed by atoms with Crippen LogP contribution in [0.15, 0.2) is 0 Å². The van der Waals surface area contributed by atoms with Crippen molar-refractivity contribution in [1.82, 2.24) is 16.0 Å². The van der Waals surface area contributed by atoms with Crippen molar-refractivity contribution >= 4 is 17.9 Å². The first-order valence-corrected chi connectivity index (χ1v) is 28.1. The maximum absolute atomic E-state index is 13.1. The highest BCUT2D eigenvalue weighted by Gasteiger charge is 2.35. The topological polar surface area (TPSA) is 106 Å². The van der Waals surface area contributed by atoms with Crippen LogP contribution < -0.4 is 16.0 Å². The Kier molecular flexibility index (Phi) is 40.0. The Morgan fingerprint density at radius 1 is 0.477 bits per heavy atom. The predicted molar refractivity (Wildman–Crippen MR) is 280 cm³/mol. The summed E-state index contributed by atoms with van der Waals surface area (Å²) in [6.07, 6.45) is 41.9. The SMILES string of the molecule is CCCCCCCCCCCCCCCCCC(=O)NCC(COC(=O)NCC(C)(C)CC(C)(C)CC(C)(C)OCCC(C)C)NC(=O)CCCCCCCCCCCCCCCCC. The molecule has 65 heavy (non-hydrogen) atoms. The molecule has 0 bridgehead atoms. The molecule has 0 heterocycles. The van der Waals surface area contributed by atoms with Gasteiger partial charge in [-0.05, 0) is 62.7 Å². The summed E-state index contributed by atoms with van der Waals surface area (Å²) in [5.41, 5.74) is -0.394. The quantitative estimate of drug-likeness (QED) is 0.0527. The highest BCUT2D eigenvalue weighted by molar-refractivity contribution is 5.77. The number of rotatable bonds is 47. The van der Waals surface area contributed by atoms with Crippen molar-refractivity contribution in [3.05, 3.63) is 0 Å². The van der Waals surface area contributed by atoms with Gasteiger partial charge in [-0.15, -0.1) is 0 Å². The molecule has 0 saturated heterocycles. The van der Waals surface area contributed by atoms with Crippen LogP contribution in [0.5, 0.6) is 0 Å². The molecule has 0 saturated carbocycles. The lowest BCUT2D eigenvalue weighted by atomic mass is 9.70. The standard InChI is InChI=1S/C57H113N3O5/c1-11-13-15-17-19-21-23-25-27-29-31-33-35-37-39-41-52(61)58-45-51(60-53(62)42-40-38-36-34-32-30-28-26-24-22-20-18-16-14-12-2)46-64-54(63)59-49-56(7,8)47-55(5,6)48-57(9,10)65-44-43-50(3)4/h50-51H,11-49H2,1-10H3,(H,58,61)(H,59,63)(H,60,62). The molecule has 0 aliphatic rings. The van der Waals surface area contributed by atoms with Gasteiger partial charge in [0.1, 0.15) is 6.61 Å². The smallest absolute Gasteiger partial charge is 0.407 e. The van der Waals surface area contributed by atoms with Gasteiger partial charge in [0.25, 0.3) is 0 Å². The minimum atomic E-state index is -0.501. The lowest BCUT2D eigenvalue weighted by Crippen LogP contribution is -2.47. The fourth-order valence-electron chi connectivity index (χ4n) is 9.82. The largest absolute Gasteiger partial charge is 0.447 e. The summed E-state index contributed by atoms with van der Waals surface area (Å²) in [6, 6.07) is -0.487. The van der Waals surface area contributed by atoms with Crippen LogP contribution in [0.3, 0.4) is 0 Å². The number of alkyl carbamates (subject to hydrolysis) is 1. The van der Waals surface area contributed by atoms with Crippen molar-refractivity contribution in [2.45, 2.75) is 306 Å². The van der Waals surface area contributed by atoms with Crippen LogP contribution >= 0.6 is 0 Å². The van der Waals surface area contributed by atoms with Gasteiger partial charge in [0.15, 0.2) is 0 Å². The van der Waals surface area contributed by atoms with E-state index >= 15 is 0 Å². The third-order valence-corrected chi connectivity index (χ3v) is 13.1. The third-order valence-electron chi connectivity index (χ3n) is 13.1. The summed E-state index contributed by atoms with van der Waals surface area (Å²) < 4.78 is 12.0. The van der Waals surface area contributed by atoms with Gasteiger partial charge in [0, 0.05) is 32.5 Å².